The fourth-order valence-corrected chi connectivity index (χ4v) is 3.20. The molecule has 1 aliphatic rings. The van der Waals surface area contributed by atoms with Gasteiger partial charge in [0.25, 0.3) is 5.91 Å². The number of halogens is 6. The van der Waals surface area contributed by atoms with Gasteiger partial charge in [-0.1, -0.05) is 60.7 Å². The molecule has 0 radical (unpaired) electrons. The van der Waals surface area contributed by atoms with Crippen LogP contribution in [0.25, 0.3) is 0 Å². The maximum absolute atomic E-state index is 12.8. The molecule has 168 valence electrons. The first-order chi connectivity index (χ1) is 14.9. The number of aliphatic imine (C=N–C) groups is 1. The monoisotopic (exact) mass is 454 g/mol. The lowest BCUT2D eigenvalue weighted by molar-refractivity contribution is -0.132. The highest BCUT2D eigenvalue weighted by atomic mass is 19.4. The first kappa shape index (κ1) is 23.2. The summed E-state index contributed by atoms with van der Waals surface area (Å²) in [5.41, 5.74) is -0.612. The molecule has 2 atom stereocenters. The van der Waals surface area contributed by atoms with E-state index in [1.54, 1.807) is 30.3 Å². The minimum Gasteiger partial charge on any atom is -0.344 e. The highest BCUT2D eigenvalue weighted by molar-refractivity contribution is 6.14. The number of alkyl halides is 6. The van der Waals surface area contributed by atoms with Gasteiger partial charge in [-0.2, -0.15) is 26.3 Å². The Morgan fingerprint density at radius 1 is 0.969 bits per heavy atom. The SMILES string of the molecule is O=C1N=C(C(F)(F)F)C=CC1C(=O)NC(c1ccccc1)c1cccc(CC(F)(F)F)c1. The van der Waals surface area contributed by atoms with Crippen molar-refractivity contribution in [2.75, 3.05) is 0 Å². The highest BCUT2D eigenvalue weighted by Crippen LogP contribution is 2.28. The summed E-state index contributed by atoms with van der Waals surface area (Å²) in [5.74, 6) is -3.80. The highest BCUT2D eigenvalue weighted by Gasteiger charge is 2.39. The second kappa shape index (κ2) is 8.97. The maximum Gasteiger partial charge on any atom is 0.433 e. The van der Waals surface area contributed by atoms with E-state index >= 15 is 0 Å². The summed E-state index contributed by atoms with van der Waals surface area (Å²) in [7, 11) is 0. The van der Waals surface area contributed by atoms with E-state index in [-0.39, 0.29) is 5.56 Å². The lowest BCUT2D eigenvalue weighted by Crippen LogP contribution is -2.39. The van der Waals surface area contributed by atoms with Crippen LogP contribution in [0.2, 0.25) is 0 Å². The summed E-state index contributed by atoms with van der Waals surface area (Å²) in [4.78, 5) is 27.7. The number of hydrogen-bond donors (Lipinski definition) is 1. The summed E-state index contributed by atoms with van der Waals surface area (Å²) in [6.07, 6.45) is -9.09. The van der Waals surface area contributed by atoms with Gasteiger partial charge in [0.15, 0.2) is 0 Å². The Hall–Kier alpha value is -3.43. The molecular weight excluding hydrogens is 438 g/mol. The molecule has 0 bridgehead atoms. The van der Waals surface area contributed by atoms with E-state index in [9.17, 15) is 35.9 Å². The molecule has 0 saturated heterocycles. The van der Waals surface area contributed by atoms with Crippen molar-refractivity contribution in [2.45, 2.75) is 24.8 Å². The largest absolute Gasteiger partial charge is 0.433 e. The van der Waals surface area contributed by atoms with Crippen LogP contribution in [0.4, 0.5) is 26.3 Å². The van der Waals surface area contributed by atoms with Crippen LogP contribution in [0.15, 0.2) is 71.7 Å². The van der Waals surface area contributed by atoms with E-state index in [0.29, 0.717) is 17.2 Å². The number of amides is 2. The minimum atomic E-state index is -4.83. The smallest absolute Gasteiger partial charge is 0.344 e. The molecule has 2 unspecified atom stereocenters. The lowest BCUT2D eigenvalue weighted by Gasteiger charge is -2.23. The molecule has 0 aromatic heterocycles. The zero-order chi connectivity index (χ0) is 23.5. The van der Waals surface area contributed by atoms with E-state index in [0.717, 1.165) is 6.08 Å². The van der Waals surface area contributed by atoms with Gasteiger partial charge < -0.3 is 5.32 Å². The van der Waals surface area contributed by atoms with Crippen molar-refractivity contribution in [1.82, 2.24) is 5.32 Å². The summed E-state index contributed by atoms with van der Waals surface area (Å²) >= 11 is 0. The Balaban J connectivity index is 1.88. The fraction of sp³-hybridized carbons (Fsp3) is 0.227. The first-order valence-corrected chi connectivity index (χ1v) is 9.33. The Morgan fingerprint density at radius 2 is 1.62 bits per heavy atom. The van der Waals surface area contributed by atoms with Crippen molar-refractivity contribution in [3.63, 3.8) is 0 Å². The second-order valence-corrected chi connectivity index (χ2v) is 7.06. The number of rotatable bonds is 5. The third-order valence-corrected chi connectivity index (χ3v) is 4.62. The van der Waals surface area contributed by atoms with Crippen LogP contribution in [0.1, 0.15) is 22.7 Å². The van der Waals surface area contributed by atoms with Gasteiger partial charge in [0.05, 0.1) is 12.5 Å². The topological polar surface area (TPSA) is 58.5 Å². The predicted molar refractivity (Wildman–Crippen MR) is 104 cm³/mol. The van der Waals surface area contributed by atoms with Gasteiger partial charge in [0.1, 0.15) is 11.6 Å². The van der Waals surface area contributed by atoms with Gasteiger partial charge in [-0.15, -0.1) is 0 Å². The Morgan fingerprint density at radius 3 is 2.22 bits per heavy atom. The molecular formula is C22H16F6N2O2. The molecule has 2 amide bonds. The van der Waals surface area contributed by atoms with Gasteiger partial charge in [-0.05, 0) is 22.8 Å². The van der Waals surface area contributed by atoms with Crippen LogP contribution in [0, 0.1) is 5.92 Å². The quantitative estimate of drug-likeness (QED) is 0.526. The van der Waals surface area contributed by atoms with Crippen molar-refractivity contribution in [1.29, 1.82) is 0 Å². The zero-order valence-corrected chi connectivity index (χ0v) is 16.2. The van der Waals surface area contributed by atoms with E-state index in [1.807, 2.05) is 0 Å². The standard InChI is InChI=1S/C22H16F6N2O2/c23-21(24,25)12-13-5-4-8-15(11-13)18(14-6-2-1-3-7-14)30-20(32)16-9-10-17(22(26,27)28)29-19(16)31/h1-11,16,18H,12H2,(H,30,32). The molecule has 1 N–H and O–H groups in total. The van der Waals surface area contributed by atoms with Crippen LogP contribution >= 0.6 is 0 Å². The number of benzene rings is 2. The number of nitrogens with one attached hydrogen (secondary N) is 1. The van der Waals surface area contributed by atoms with Crippen LogP contribution < -0.4 is 5.32 Å². The molecule has 2 aromatic rings. The first-order valence-electron chi connectivity index (χ1n) is 9.33. The van der Waals surface area contributed by atoms with Gasteiger partial charge in [0.2, 0.25) is 5.91 Å². The molecule has 0 saturated carbocycles. The lowest BCUT2D eigenvalue weighted by atomic mass is 9.95. The van der Waals surface area contributed by atoms with Crippen molar-refractivity contribution in [3.05, 3.63) is 83.4 Å². The van der Waals surface area contributed by atoms with E-state index in [1.165, 1.54) is 24.3 Å². The number of hydrogen-bond acceptors (Lipinski definition) is 2. The Bertz CT molecular complexity index is 1060. The third kappa shape index (κ3) is 5.83. The number of carbonyl (C=O) groups excluding carboxylic acids is 2. The van der Waals surface area contributed by atoms with Crippen LogP contribution in [-0.4, -0.2) is 29.9 Å². The molecule has 2 aromatic carbocycles. The van der Waals surface area contributed by atoms with E-state index in [4.69, 9.17) is 0 Å². The second-order valence-electron chi connectivity index (χ2n) is 7.06. The summed E-state index contributed by atoms with van der Waals surface area (Å²) in [5, 5.41) is 2.55. The van der Waals surface area contributed by atoms with Gasteiger partial charge in [-0.25, -0.2) is 4.99 Å². The van der Waals surface area contributed by atoms with Crippen LogP contribution in [0.5, 0.6) is 0 Å². The fourth-order valence-electron chi connectivity index (χ4n) is 3.20. The Kier molecular flexibility index (Phi) is 6.52. The maximum atomic E-state index is 12.8. The molecule has 1 aliphatic heterocycles. The van der Waals surface area contributed by atoms with Gasteiger partial charge in [-0.3, -0.25) is 9.59 Å². The van der Waals surface area contributed by atoms with E-state index < -0.39 is 48.3 Å². The van der Waals surface area contributed by atoms with Crippen molar-refractivity contribution in [2.24, 2.45) is 10.9 Å². The van der Waals surface area contributed by atoms with Crippen molar-refractivity contribution in [3.8, 4) is 0 Å². The number of carbonyl (C=O) groups is 2. The molecule has 10 heteroatoms. The van der Waals surface area contributed by atoms with Crippen LogP contribution in [0.3, 0.4) is 0 Å². The summed E-state index contributed by atoms with van der Waals surface area (Å²) in [6, 6.07) is 12.8. The average Bonchev–Trinajstić information content (AvgIpc) is 2.70. The molecule has 1 heterocycles. The molecule has 0 aliphatic carbocycles. The molecule has 32 heavy (non-hydrogen) atoms. The molecule has 0 fully saturated rings. The average molecular weight is 454 g/mol. The third-order valence-electron chi connectivity index (χ3n) is 4.62. The number of allylic oxidation sites excluding steroid dienone is 1. The molecule has 4 nitrogen and oxygen atoms in total. The normalized spacial score (nSPS) is 17.6. The summed E-state index contributed by atoms with van der Waals surface area (Å²) < 4.78 is 76.6. The molecule has 3 rings (SSSR count). The number of nitrogens with zero attached hydrogens (tertiary/aromatic N) is 1. The van der Waals surface area contributed by atoms with Gasteiger partial charge >= 0.3 is 12.4 Å². The summed E-state index contributed by atoms with van der Waals surface area (Å²) in [6.45, 7) is 0. The van der Waals surface area contributed by atoms with Crippen molar-refractivity contribution >= 4 is 17.5 Å². The van der Waals surface area contributed by atoms with Gasteiger partial charge in [0, 0.05) is 0 Å². The predicted octanol–water partition coefficient (Wildman–Crippen LogP) is 4.71. The Labute approximate surface area is 178 Å². The van der Waals surface area contributed by atoms with Crippen molar-refractivity contribution < 1.29 is 35.9 Å². The zero-order valence-electron chi connectivity index (χ0n) is 16.2. The van der Waals surface area contributed by atoms with E-state index in [2.05, 4.69) is 10.3 Å². The minimum absolute atomic E-state index is 0.0294. The van der Waals surface area contributed by atoms with Crippen LogP contribution in [-0.2, 0) is 16.0 Å². The molecule has 0 spiro atoms. The number of dihydropyridines is 1.